The molecule has 1 unspecified atom stereocenters. The molecule has 0 radical (unpaired) electrons. The Kier molecular flexibility index (Phi) is 5.83. The molecular weight excluding hydrogens is 336 g/mol. The lowest BCUT2D eigenvalue weighted by Gasteiger charge is -2.35. The van der Waals surface area contributed by atoms with Crippen molar-refractivity contribution in [3.05, 3.63) is 70.8 Å². The molecule has 0 aliphatic carbocycles. The highest BCUT2D eigenvalue weighted by molar-refractivity contribution is 5.80. The second-order valence-corrected chi connectivity index (χ2v) is 6.30. The molecule has 1 N–H and O–H groups in total. The van der Waals surface area contributed by atoms with Gasteiger partial charge in [-0.15, -0.1) is 0 Å². The van der Waals surface area contributed by atoms with Gasteiger partial charge in [0.1, 0.15) is 17.7 Å². The molecule has 1 aliphatic heterocycles. The zero-order valence-corrected chi connectivity index (χ0v) is 15.0. The molecule has 0 amide bonds. The highest BCUT2D eigenvalue weighted by Gasteiger charge is 2.25. The van der Waals surface area contributed by atoms with Crippen LogP contribution in [0.1, 0.15) is 22.8 Å². The summed E-state index contributed by atoms with van der Waals surface area (Å²) >= 11 is 0. The van der Waals surface area contributed by atoms with Crippen LogP contribution in [-0.4, -0.2) is 37.6 Å². The van der Waals surface area contributed by atoms with Gasteiger partial charge in [-0.25, -0.2) is 8.78 Å². The quantitative estimate of drug-likeness (QED) is 0.674. The Hall–Kier alpha value is -2.47. The Morgan fingerprint density at radius 2 is 2.08 bits per heavy atom. The third-order valence-corrected chi connectivity index (χ3v) is 4.56. The first kappa shape index (κ1) is 18.3. The predicted molar refractivity (Wildman–Crippen MR) is 98.0 cm³/mol. The van der Waals surface area contributed by atoms with Crippen molar-refractivity contribution in [2.45, 2.75) is 19.6 Å². The van der Waals surface area contributed by atoms with Crippen LogP contribution in [0.25, 0.3) is 0 Å². The van der Waals surface area contributed by atoms with Crippen molar-refractivity contribution in [3.63, 3.8) is 0 Å². The first-order chi connectivity index (χ1) is 12.6. The molecule has 1 saturated heterocycles. The summed E-state index contributed by atoms with van der Waals surface area (Å²) in [5, 5.41) is 3.12. The average Bonchev–Trinajstić information content (AvgIpc) is 2.65. The van der Waals surface area contributed by atoms with Gasteiger partial charge < -0.3 is 15.0 Å². The van der Waals surface area contributed by atoms with Crippen molar-refractivity contribution < 1.29 is 13.5 Å². The van der Waals surface area contributed by atoms with Crippen LogP contribution >= 0.6 is 0 Å². The molecule has 0 bridgehead atoms. The second-order valence-electron chi connectivity index (χ2n) is 6.30. The Bertz CT molecular complexity index is 794. The standard InChI is InChI=1S/C20H23F2N3O/c1-14-5-3-4-6-17(14)19-13-25(9-10-26-19)20(23-2)24-12-15-11-16(21)7-8-18(15)22/h3-8,11,19H,9-10,12-13H2,1-2H3,(H,23,24). The topological polar surface area (TPSA) is 36.9 Å². The number of morpholine rings is 1. The van der Waals surface area contributed by atoms with Gasteiger partial charge in [-0.1, -0.05) is 24.3 Å². The Balaban J connectivity index is 1.68. The lowest BCUT2D eigenvalue weighted by Crippen LogP contribution is -2.48. The number of nitrogens with one attached hydrogen (secondary N) is 1. The summed E-state index contributed by atoms with van der Waals surface area (Å²) in [5.74, 6) is -0.242. The molecule has 1 aliphatic rings. The lowest BCUT2D eigenvalue weighted by molar-refractivity contribution is -0.00834. The molecule has 0 spiro atoms. The van der Waals surface area contributed by atoms with E-state index in [1.807, 2.05) is 12.1 Å². The summed E-state index contributed by atoms with van der Waals surface area (Å²) in [5.41, 5.74) is 2.61. The Morgan fingerprint density at radius 1 is 1.27 bits per heavy atom. The largest absolute Gasteiger partial charge is 0.370 e. The van der Waals surface area contributed by atoms with E-state index in [2.05, 4.69) is 34.3 Å². The SMILES string of the molecule is CN=C(NCc1cc(F)ccc1F)N1CCOC(c2ccccc2C)C1. The highest BCUT2D eigenvalue weighted by atomic mass is 19.1. The molecule has 26 heavy (non-hydrogen) atoms. The maximum absolute atomic E-state index is 13.8. The minimum absolute atomic E-state index is 0.0468. The number of rotatable bonds is 3. The maximum atomic E-state index is 13.8. The van der Waals surface area contributed by atoms with Crippen molar-refractivity contribution in [1.82, 2.24) is 10.2 Å². The molecule has 0 aromatic heterocycles. The minimum atomic E-state index is -0.454. The number of benzene rings is 2. The van der Waals surface area contributed by atoms with Gasteiger partial charge >= 0.3 is 0 Å². The van der Waals surface area contributed by atoms with Crippen molar-refractivity contribution in [2.24, 2.45) is 4.99 Å². The van der Waals surface area contributed by atoms with Crippen LogP contribution in [0.3, 0.4) is 0 Å². The molecule has 4 nitrogen and oxygen atoms in total. The van der Waals surface area contributed by atoms with Gasteiger partial charge in [0.2, 0.25) is 0 Å². The van der Waals surface area contributed by atoms with Gasteiger partial charge in [-0.05, 0) is 36.2 Å². The van der Waals surface area contributed by atoms with E-state index < -0.39 is 11.6 Å². The summed E-state index contributed by atoms with van der Waals surface area (Å²) in [4.78, 5) is 6.37. The van der Waals surface area contributed by atoms with E-state index in [1.54, 1.807) is 7.05 Å². The third-order valence-electron chi connectivity index (χ3n) is 4.56. The molecule has 0 saturated carbocycles. The molecule has 2 aromatic carbocycles. The van der Waals surface area contributed by atoms with Gasteiger partial charge in [0, 0.05) is 25.7 Å². The summed E-state index contributed by atoms with van der Waals surface area (Å²) in [6, 6.07) is 11.6. The van der Waals surface area contributed by atoms with Crippen molar-refractivity contribution >= 4 is 5.96 Å². The molecule has 2 aromatic rings. The summed E-state index contributed by atoms with van der Waals surface area (Å²) in [6.07, 6.45) is -0.0468. The van der Waals surface area contributed by atoms with Crippen LogP contribution in [0, 0.1) is 18.6 Å². The number of nitrogens with zero attached hydrogens (tertiary/aromatic N) is 2. The number of ether oxygens (including phenoxy) is 1. The van der Waals surface area contributed by atoms with Crippen molar-refractivity contribution in [3.8, 4) is 0 Å². The smallest absolute Gasteiger partial charge is 0.194 e. The monoisotopic (exact) mass is 359 g/mol. The summed E-state index contributed by atoms with van der Waals surface area (Å²) < 4.78 is 33.1. The molecule has 1 heterocycles. The fourth-order valence-electron chi connectivity index (χ4n) is 3.16. The molecule has 138 valence electrons. The number of aliphatic imine (C=N–C) groups is 1. The normalized spacial score (nSPS) is 18.1. The van der Waals surface area contributed by atoms with Gasteiger partial charge in [0.15, 0.2) is 5.96 Å². The zero-order valence-electron chi connectivity index (χ0n) is 15.0. The van der Waals surface area contributed by atoms with E-state index in [1.165, 1.54) is 11.6 Å². The highest BCUT2D eigenvalue weighted by Crippen LogP contribution is 2.25. The van der Waals surface area contributed by atoms with Crippen LogP contribution < -0.4 is 5.32 Å². The van der Waals surface area contributed by atoms with E-state index in [9.17, 15) is 8.78 Å². The molecule has 1 atom stereocenters. The Labute approximate surface area is 152 Å². The zero-order chi connectivity index (χ0) is 18.5. The van der Waals surface area contributed by atoms with Crippen LogP contribution in [-0.2, 0) is 11.3 Å². The van der Waals surface area contributed by atoms with Crippen LogP contribution in [0.2, 0.25) is 0 Å². The molecule has 6 heteroatoms. The fraction of sp³-hybridized carbons (Fsp3) is 0.350. The number of hydrogen-bond acceptors (Lipinski definition) is 2. The van der Waals surface area contributed by atoms with Gasteiger partial charge in [-0.3, -0.25) is 4.99 Å². The van der Waals surface area contributed by atoms with E-state index in [0.717, 1.165) is 17.7 Å². The Morgan fingerprint density at radius 3 is 2.85 bits per heavy atom. The average molecular weight is 359 g/mol. The number of hydrogen-bond donors (Lipinski definition) is 1. The van der Waals surface area contributed by atoms with Gasteiger partial charge in [-0.2, -0.15) is 0 Å². The first-order valence-corrected chi connectivity index (χ1v) is 8.65. The van der Waals surface area contributed by atoms with Crippen molar-refractivity contribution in [2.75, 3.05) is 26.7 Å². The van der Waals surface area contributed by atoms with Crippen LogP contribution in [0.15, 0.2) is 47.5 Å². The molecular formula is C20H23F2N3O. The molecule has 3 rings (SSSR count). The first-order valence-electron chi connectivity index (χ1n) is 8.65. The number of guanidine groups is 1. The lowest BCUT2D eigenvalue weighted by atomic mass is 10.0. The third kappa shape index (κ3) is 4.19. The predicted octanol–water partition coefficient (Wildman–Crippen LogP) is 3.42. The maximum Gasteiger partial charge on any atom is 0.194 e. The van der Waals surface area contributed by atoms with Gasteiger partial charge in [0.05, 0.1) is 13.2 Å². The van der Waals surface area contributed by atoms with E-state index in [4.69, 9.17) is 4.74 Å². The minimum Gasteiger partial charge on any atom is -0.370 e. The summed E-state index contributed by atoms with van der Waals surface area (Å²) in [7, 11) is 1.68. The summed E-state index contributed by atoms with van der Waals surface area (Å²) in [6.45, 7) is 4.15. The van der Waals surface area contributed by atoms with E-state index in [-0.39, 0.29) is 18.2 Å². The van der Waals surface area contributed by atoms with Gasteiger partial charge in [0.25, 0.3) is 0 Å². The van der Waals surface area contributed by atoms with Crippen LogP contribution in [0.4, 0.5) is 8.78 Å². The molecule has 1 fully saturated rings. The van der Waals surface area contributed by atoms with Crippen LogP contribution in [0.5, 0.6) is 0 Å². The number of aryl methyl sites for hydroxylation is 1. The second kappa shape index (κ2) is 8.27. The van der Waals surface area contributed by atoms with Crippen molar-refractivity contribution in [1.29, 1.82) is 0 Å². The van der Waals surface area contributed by atoms with E-state index in [0.29, 0.717) is 25.7 Å². The van der Waals surface area contributed by atoms with E-state index >= 15 is 0 Å². The number of halogens is 2. The fourth-order valence-corrected chi connectivity index (χ4v) is 3.16.